The minimum absolute atomic E-state index is 0.223. The van der Waals surface area contributed by atoms with Crippen LogP contribution in [0.4, 0.5) is 0 Å². The van der Waals surface area contributed by atoms with Crippen molar-refractivity contribution in [1.29, 1.82) is 0 Å². The van der Waals surface area contributed by atoms with E-state index in [4.69, 9.17) is 14.3 Å². The number of benzene rings is 1. The van der Waals surface area contributed by atoms with Crippen LogP contribution in [0.2, 0.25) is 0 Å². The van der Waals surface area contributed by atoms with Crippen LogP contribution in [-0.2, 0) is 4.84 Å². The number of fused-ring (bicyclic) bond motifs is 1. The summed E-state index contributed by atoms with van der Waals surface area (Å²) in [6, 6.07) is 5.07. The number of rotatable bonds is 2. The van der Waals surface area contributed by atoms with E-state index < -0.39 is 0 Å². The molecule has 0 saturated carbocycles. The first kappa shape index (κ1) is 10.8. The molecule has 0 aromatic heterocycles. The molecule has 86 valence electrons. The van der Waals surface area contributed by atoms with E-state index >= 15 is 0 Å². The molecule has 0 radical (unpaired) electrons. The van der Waals surface area contributed by atoms with Gasteiger partial charge in [-0.15, -0.1) is 0 Å². The quantitative estimate of drug-likeness (QED) is 0.704. The number of carbonyl (C=O) groups is 1. The zero-order valence-electron chi connectivity index (χ0n) is 9.23. The Morgan fingerprint density at radius 1 is 1.31 bits per heavy atom. The van der Waals surface area contributed by atoms with E-state index in [-0.39, 0.29) is 5.91 Å². The highest BCUT2D eigenvalue weighted by Gasteiger charge is 2.17. The smallest absolute Gasteiger partial charge is 0.277 e. The van der Waals surface area contributed by atoms with Gasteiger partial charge < -0.3 is 9.47 Å². The molecule has 0 saturated heterocycles. The average Bonchev–Trinajstić information content (AvgIpc) is 2.36. The van der Waals surface area contributed by atoms with Crippen molar-refractivity contribution in [2.75, 3.05) is 27.4 Å². The summed E-state index contributed by atoms with van der Waals surface area (Å²) in [6.07, 6.45) is 0. The maximum Gasteiger partial charge on any atom is 0.277 e. The van der Waals surface area contributed by atoms with Gasteiger partial charge in [-0.05, 0) is 18.2 Å². The van der Waals surface area contributed by atoms with Gasteiger partial charge in [-0.1, -0.05) is 0 Å². The molecule has 0 spiro atoms. The lowest BCUT2D eigenvalue weighted by Gasteiger charge is -2.19. The van der Waals surface area contributed by atoms with E-state index in [9.17, 15) is 4.79 Å². The second kappa shape index (κ2) is 4.40. The molecule has 1 aromatic rings. The van der Waals surface area contributed by atoms with E-state index in [1.165, 1.54) is 7.11 Å². The molecule has 5 nitrogen and oxygen atoms in total. The summed E-state index contributed by atoms with van der Waals surface area (Å²) >= 11 is 0. The third-order valence-electron chi connectivity index (χ3n) is 2.35. The molecular formula is C11H13NO4. The third-order valence-corrected chi connectivity index (χ3v) is 2.35. The normalized spacial score (nSPS) is 13.4. The molecule has 5 heteroatoms. The van der Waals surface area contributed by atoms with E-state index in [0.29, 0.717) is 30.3 Å². The van der Waals surface area contributed by atoms with Crippen LogP contribution in [0.15, 0.2) is 18.2 Å². The first-order valence-corrected chi connectivity index (χ1v) is 4.94. The molecule has 1 amide bonds. The van der Waals surface area contributed by atoms with Crippen molar-refractivity contribution in [1.82, 2.24) is 5.06 Å². The molecule has 0 fully saturated rings. The second-order valence-corrected chi connectivity index (χ2v) is 3.34. The van der Waals surface area contributed by atoms with Gasteiger partial charge in [0.15, 0.2) is 11.5 Å². The summed E-state index contributed by atoms with van der Waals surface area (Å²) in [5.74, 6) is 1.05. The number of nitrogens with zero attached hydrogens (tertiary/aromatic N) is 1. The van der Waals surface area contributed by atoms with E-state index in [2.05, 4.69) is 0 Å². The van der Waals surface area contributed by atoms with Gasteiger partial charge in [-0.3, -0.25) is 9.63 Å². The number of amides is 1. The minimum Gasteiger partial charge on any atom is -0.486 e. The Labute approximate surface area is 93.5 Å². The molecule has 0 bridgehead atoms. The summed E-state index contributed by atoms with van der Waals surface area (Å²) in [5, 5.41) is 1.16. The summed E-state index contributed by atoms with van der Waals surface area (Å²) < 4.78 is 10.8. The Morgan fingerprint density at radius 3 is 2.69 bits per heavy atom. The Hall–Kier alpha value is -1.75. The van der Waals surface area contributed by atoms with Crippen LogP contribution in [0.1, 0.15) is 10.4 Å². The van der Waals surface area contributed by atoms with Gasteiger partial charge in [0.05, 0.1) is 7.11 Å². The maximum absolute atomic E-state index is 11.8. The first-order chi connectivity index (χ1) is 7.72. The van der Waals surface area contributed by atoms with Gasteiger partial charge in [0, 0.05) is 12.6 Å². The van der Waals surface area contributed by atoms with Crippen LogP contribution >= 0.6 is 0 Å². The highest BCUT2D eigenvalue weighted by molar-refractivity contribution is 5.94. The zero-order valence-corrected chi connectivity index (χ0v) is 9.23. The molecule has 1 aromatic carbocycles. The van der Waals surface area contributed by atoms with Gasteiger partial charge in [-0.25, -0.2) is 5.06 Å². The van der Waals surface area contributed by atoms with E-state index in [1.54, 1.807) is 25.2 Å². The standard InChI is InChI=1S/C11H13NO4/c1-12(14-2)11(13)8-3-4-9-10(7-8)16-6-5-15-9/h3-4,7H,5-6H2,1-2H3. The van der Waals surface area contributed by atoms with E-state index in [0.717, 1.165) is 5.06 Å². The molecule has 0 atom stereocenters. The minimum atomic E-state index is -0.223. The van der Waals surface area contributed by atoms with Crippen molar-refractivity contribution < 1.29 is 19.1 Å². The van der Waals surface area contributed by atoms with Crippen molar-refractivity contribution in [3.8, 4) is 11.5 Å². The van der Waals surface area contributed by atoms with Crippen LogP contribution in [0, 0.1) is 0 Å². The zero-order chi connectivity index (χ0) is 11.5. The van der Waals surface area contributed by atoms with Crippen LogP contribution in [0.3, 0.4) is 0 Å². The van der Waals surface area contributed by atoms with Crippen molar-refractivity contribution >= 4 is 5.91 Å². The predicted molar refractivity (Wildman–Crippen MR) is 56.5 cm³/mol. The number of hydrogen-bond acceptors (Lipinski definition) is 4. The summed E-state index contributed by atoms with van der Waals surface area (Å²) in [6.45, 7) is 1.04. The fourth-order valence-electron chi connectivity index (χ4n) is 1.44. The third kappa shape index (κ3) is 1.94. The van der Waals surface area contributed by atoms with Gasteiger partial charge in [0.1, 0.15) is 13.2 Å². The SMILES string of the molecule is CON(C)C(=O)c1ccc2c(c1)OCCO2. The summed E-state index contributed by atoms with van der Waals surface area (Å²) in [4.78, 5) is 16.6. The number of carbonyl (C=O) groups excluding carboxylic acids is 1. The molecule has 0 aliphatic carbocycles. The Kier molecular flexibility index (Phi) is 2.96. The van der Waals surface area contributed by atoms with E-state index in [1.807, 2.05) is 0 Å². The molecule has 0 unspecified atom stereocenters. The Bertz CT molecular complexity index is 405. The van der Waals surface area contributed by atoms with Gasteiger partial charge in [0.25, 0.3) is 5.91 Å². The molecular weight excluding hydrogens is 210 g/mol. The largest absolute Gasteiger partial charge is 0.486 e. The highest BCUT2D eigenvalue weighted by Crippen LogP contribution is 2.30. The molecule has 0 N–H and O–H groups in total. The number of ether oxygens (including phenoxy) is 2. The Balaban J connectivity index is 2.26. The van der Waals surface area contributed by atoms with Gasteiger partial charge in [0.2, 0.25) is 0 Å². The van der Waals surface area contributed by atoms with Crippen LogP contribution < -0.4 is 9.47 Å². The molecule has 2 rings (SSSR count). The number of hydrogen-bond donors (Lipinski definition) is 0. The topological polar surface area (TPSA) is 48.0 Å². The Morgan fingerprint density at radius 2 is 2.00 bits per heavy atom. The van der Waals surface area contributed by atoms with Crippen LogP contribution in [0.5, 0.6) is 11.5 Å². The lowest BCUT2D eigenvalue weighted by atomic mass is 10.2. The fourth-order valence-corrected chi connectivity index (χ4v) is 1.44. The molecule has 1 aliphatic rings. The molecule has 1 aliphatic heterocycles. The van der Waals surface area contributed by atoms with Crippen molar-refractivity contribution in [3.63, 3.8) is 0 Å². The average molecular weight is 223 g/mol. The maximum atomic E-state index is 11.8. The van der Waals surface area contributed by atoms with Gasteiger partial charge >= 0.3 is 0 Å². The molecule has 1 heterocycles. The van der Waals surface area contributed by atoms with Crippen LogP contribution in [0.25, 0.3) is 0 Å². The van der Waals surface area contributed by atoms with Crippen LogP contribution in [-0.4, -0.2) is 38.3 Å². The summed E-state index contributed by atoms with van der Waals surface area (Å²) in [5.41, 5.74) is 0.508. The number of hydroxylamine groups is 2. The highest BCUT2D eigenvalue weighted by atomic mass is 16.7. The van der Waals surface area contributed by atoms with Gasteiger partial charge in [-0.2, -0.15) is 0 Å². The van der Waals surface area contributed by atoms with Crippen molar-refractivity contribution in [2.45, 2.75) is 0 Å². The summed E-state index contributed by atoms with van der Waals surface area (Å²) in [7, 11) is 3.00. The monoisotopic (exact) mass is 223 g/mol. The lowest BCUT2D eigenvalue weighted by Crippen LogP contribution is -2.25. The fraction of sp³-hybridized carbons (Fsp3) is 0.364. The lowest BCUT2D eigenvalue weighted by molar-refractivity contribution is -0.0757. The second-order valence-electron chi connectivity index (χ2n) is 3.34. The van der Waals surface area contributed by atoms with Crippen molar-refractivity contribution in [3.05, 3.63) is 23.8 Å². The molecule has 16 heavy (non-hydrogen) atoms. The van der Waals surface area contributed by atoms with Crippen molar-refractivity contribution in [2.24, 2.45) is 0 Å². The predicted octanol–water partition coefficient (Wildman–Crippen LogP) is 1.09. The first-order valence-electron chi connectivity index (χ1n) is 4.94.